The topological polar surface area (TPSA) is 63.5 Å². The lowest BCUT2D eigenvalue weighted by molar-refractivity contribution is 0.342. The van der Waals surface area contributed by atoms with Gasteiger partial charge in [0.2, 0.25) is 0 Å². The van der Waals surface area contributed by atoms with E-state index >= 15 is 0 Å². The minimum Gasteiger partial charge on any atom is -0.492 e. The van der Waals surface area contributed by atoms with Crippen molar-refractivity contribution in [1.29, 1.82) is 0 Å². The second kappa shape index (κ2) is 7.36. The van der Waals surface area contributed by atoms with Crippen LogP contribution >= 0.6 is 12.2 Å². The van der Waals surface area contributed by atoms with E-state index in [9.17, 15) is 4.79 Å². The largest absolute Gasteiger partial charge is 0.492 e. The number of nitrogens with one attached hydrogen (secondary N) is 2. The van der Waals surface area contributed by atoms with Gasteiger partial charge in [-0.15, -0.1) is 0 Å². The molecule has 0 radical (unpaired) electrons. The van der Waals surface area contributed by atoms with E-state index in [-0.39, 0.29) is 5.63 Å². The zero-order valence-electron chi connectivity index (χ0n) is 14.0. The van der Waals surface area contributed by atoms with Gasteiger partial charge in [-0.25, -0.2) is 4.79 Å². The van der Waals surface area contributed by atoms with Crippen LogP contribution in [0.15, 0.2) is 57.7 Å². The first kappa shape index (κ1) is 17.0. The number of hydrogen-bond acceptors (Lipinski definition) is 4. The molecule has 128 valence electrons. The smallest absolute Gasteiger partial charge is 0.336 e. The number of rotatable bonds is 4. The first-order valence-corrected chi connectivity index (χ1v) is 8.32. The van der Waals surface area contributed by atoms with Gasteiger partial charge in [0.15, 0.2) is 5.11 Å². The van der Waals surface area contributed by atoms with Crippen molar-refractivity contribution in [3.05, 3.63) is 64.5 Å². The fourth-order valence-corrected chi connectivity index (χ4v) is 2.77. The fraction of sp³-hybridized carbons (Fsp3) is 0.158. The Hall–Kier alpha value is -2.86. The van der Waals surface area contributed by atoms with Crippen molar-refractivity contribution < 1.29 is 9.15 Å². The molecule has 6 heteroatoms. The third-order valence-corrected chi connectivity index (χ3v) is 3.85. The summed E-state index contributed by atoms with van der Waals surface area (Å²) in [6, 6.07) is 14.6. The first-order valence-electron chi connectivity index (χ1n) is 7.91. The minimum absolute atomic E-state index is 0.367. The quantitative estimate of drug-likeness (QED) is 0.538. The van der Waals surface area contributed by atoms with Crippen LogP contribution in [0.1, 0.15) is 12.5 Å². The van der Waals surface area contributed by atoms with Gasteiger partial charge in [0, 0.05) is 23.2 Å². The van der Waals surface area contributed by atoms with Crippen molar-refractivity contribution in [3.8, 4) is 5.75 Å². The first-order chi connectivity index (χ1) is 12.1. The van der Waals surface area contributed by atoms with Gasteiger partial charge in [-0.05, 0) is 55.9 Å². The molecule has 0 fully saturated rings. The van der Waals surface area contributed by atoms with Crippen LogP contribution in [0.25, 0.3) is 11.0 Å². The molecule has 0 aliphatic carbocycles. The Balaban J connectivity index is 1.79. The molecule has 2 aromatic carbocycles. The number of thiocarbonyl (C=S) groups is 1. The van der Waals surface area contributed by atoms with E-state index in [0.717, 1.165) is 28.1 Å². The Labute approximate surface area is 150 Å². The Bertz CT molecular complexity index is 982. The SMILES string of the molecule is CCOc1ccccc1NC(=S)Nc1ccc2c(C)cc(=O)oc2c1. The van der Waals surface area contributed by atoms with E-state index in [0.29, 0.717) is 17.3 Å². The highest BCUT2D eigenvalue weighted by molar-refractivity contribution is 7.80. The van der Waals surface area contributed by atoms with Crippen LogP contribution in [0.3, 0.4) is 0 Å². The third kappa shape index (κ3) is 3.97. The van der Waals surface area contributed by atoms with Crippen molar-refractivity contribution in [2.75, 3.05) is 17.2 Å². The maximum absolute atomic E-state index is 11.5. The molecule has 0 amide bonds. The number of aryl methyl sites for hydroxylation is 1. The van der Waals surface area contributed by atoms with Crippen LogP contribution in [0.4, 0.5) is 11.4 Å². The summed E-state index contributed by atoms with van der Waals surface area (Å²) in [5.74, 6) is 0.731. The molecule has 3 aromatic rings. The highest BCUT2D eigenvalue weighted by Gasteiger charge is 2.07. The Morgan fingerprint density at radius 2 is 1.96 bits per heavy atom. The molecular weight excluding hydrogens is 336 g/mol. The molecule has 0 saturated heterocycles. The molecule has 0 aliphatic heterocycles. The molecule has 1 aromatic heterocycles. The second-order valence-electron chi connectivity index (χ2n) is 5.47. The lowest BCUT2D eigenvalue weighted by Gasteiger charge is -2.14. The third-order valence-electron chi connectivity index (χ3n) is 3.64. The predicted molar refractivity (Wildman–Crippen MR) is 105 cm³/mol. The molecule has 0 spiro atoms. The van der Waals surface area contributed by atoms with Gasteiger partial charge < -0.3 is 19.8 Å². The average Bonchev–Trinajstić information content (AvgIpc) is 2.56. The normalized spacial score (nSPS) is 10.5. The molecule has 0 aliphatic rings. The Morgan fingerprint density at radius 1 is 1.16 bits per heavy atom. The zero-order chi connectivity index (χ0) is 17.8. The number of fused-ring (bicyclic) bond motifs is 1. The van der Waals surface area contributed by atoms with E-state index in [1.807, 2.05) is 50.2 Å². The summed E-state index contributed by atoms with van der Waals surface area (Å²) in [6.07, 6.45) is 0. The van der Waals surface area contributed by atoms with E-state index in [1.165, 1.54) is 6.07 Å². The van der Waals surface area contributed by atoms with Crippen LogP contribution < -0.4 is 21.0 Å². The van der Waals surface area contributed by atoms with Crippen molar-refractivity contribution in [2.24, 2.45) is 0 Å². The van der Waals surface area contributed by atoms with Crippen LogP contribution in [0.2, 0.25) is 0 Å². The van der Waals surface area contributed by atoms with Crippen molar-refractivity contribution in [1.82, 2.24) is 0 Å². The summed E-state index contributed by atoms with van der Waals surface area (Å²) in [4.78, 5) is 11.5. The highest BCUT2D eigenvalue weighted by Crippen LogP contribution is 2.25. The van der Waals surface area contributed by atoms with E-state index in [1.54, 1.807) is 6.07 Å². The van der Waals surface area contributed by atoms with Crippen LogP contribution in [0, 0.1) is 6.92 Å². The number of para-hydroxylation sites is 2. The molecule has 25 heavy (non-hydrogen) atoms. The van der Waals surface area contributed by atoms with Crippen LogP contribution in [-0.2, 0) is 0 Å². The number of hydrogen-bond donors (Lipinski definition) is 2. The molecule has 0 atom stereocenters. The average molecular weight is 354 g/mol. The number of ether oxygens (including phenoxy) is 1. The molecule has 2 N–H and O–H groups in total. The summed E-state index contributed by atoms with van der Waals surface area (Å²) in [5, 5.41) is 7.52. The molecule has 0 unspecified atom stereocenters. The monoisotopic (exact) mass is 354 g/mol. The van der Waals surface area contributed by atoms with E-state index < -0.39 is 0 Å². The molecule has 3 rings (SSSR count). The van der Waals surface area contributed by atoms with Gasteiger partial charge in [0.05, 0.1) is 12.3 Å². The highest BCUT2D eigenvalue weighted by atomic mass is 32.1. The van der Waals surface area contributed by atoms with Crippen molar-refractivity contribution in [3.63, 3.8) is 0 Å². The Morgan fingerprint density at radius 3 is 2.76 bits per heavy atom. The lowest BCUT2D eigenvalue weighted by Crippen LogP contribution is -2.19. The molecule has 0 bridgehead atoms. The summed E-state index contributed by atoms with van der Waals surface area (Å²) in [5.41, 5.74) is 2.54. The zero-order valence-corrected chi connectivity index (χ0v) is 14.8. The summed E-state index contributed by atoms with van der Waals surface area (Å²) in [7, 11) is 0. The van der Waals surface area contributed by atoms with Crippen molar-refractivity contribution >= 4 is 39.7 Å². The van der Waals surface area contributed by atoms with Gasteiger partial charge in [-0.2, -0.15) is 0 Å². The molecule has 0 saturated carbocycles. The summed E-state index contributed by atoms with van der Waals surface area (Å²) in [6.45, 7) is 4.38. The van der Waals surface area contributed by atoms with Crippen molar-refractivity contribution in [2.45, 2.75) is 13.8 Å². The molecule has 1 heterocycles. The maximum atomic E-state index is 11.5. The van der Waals surface area contributed by atoms with Gasteiger partial charge in [-0.3, -0.25) is 0 Å². The number of anilines is 2. The fourth-order valence-electron chi connectivity index (χ4n) is 2.54. The molecule has 5 nitrogen and oxygen atoms in total. The van der Waals surface area contributed by atoms with Crippen LogP contribution in [-0.4, -0.2) is 11.7 Å². The Kier molecular flexibility index (Phi) is 5.00. The van der Waals surface area contributed by atoms with Gasteiger partial charge in [0.1, 0.15) is 11.3 Å². The van der Waals surface area contributed by atoms with E-state index in [4.69, 9.17) is 21.4 Å². The van der Waals surface area contributed by atoms with Crippen LogP contribution in [0.5, 0.6) is 5.75 Å². The van der Waals surface area contributed by atoms with E-state index in [2.05, 4.69) is 10.6 Å². The van der Waals surface area contributed by atoms with Gasteiger partial charge in [-0.1, -0.05) is 12.1 Å². The minimum atomic E-state index is -0.367. The second-order valence-corrected chi connectivity index (χ2v) is 5.88. The number of benzene rings is 2. The van der Waals surface area contributed by atoms with Gasteiger partial charge >= 0.3 is 5.63 Å². The summed E-state index contributed by atoms with van der Waals surface area (Å²) >= 11 is 5.37. The standard InChI is InChI=1S/C19H18N2O3S/c1-3-23-16-7-5-4-6-15(16)21-19(25)20-13-8-9-14-12(2)10-18(22)24-17(14)11-13/h4-11H,3H2,1-2H3,(H2,20,21,25). The predicted octanol–water partition coefficient (Wildman–Crippen LogP) is 4.31. The molecular formula is C19H18N2O3S. The summed E-state index contributed by atoms with van der Waals surface area (Å²) < 4.78 is 10.8. The lowest BCUT2D eigenvalue weighted by atomic mass is 10.1. The maximum Gasteiger partial charge on any atom is 0.336 e. The van der Waals surface area contributed by atoms with Gasteiger partial charge in [0.25, 0.3) is 0 Å².